The summed E-state index contributed by atoms with van der Waals surface area (Å²) in [5, 5.41) is 13.0. The van der Waals surface area contributed by atoms with E-state index in [1.54, 1.807) is 0 Å². The van der Waals surface area contributed by atoms with Crippen LogP contribution in [0.15, 0.2) is 5.10 Å². The van der Waals surface area contributed by atoms with Crippen LogP contribution in [0.4, 0.5) is 0 Å². The lowest BCUT2D eigenvalue weighted by molar-refractivity contribution is 0.158. The molecule has 1 unspecified atom stereocenters. The van der Waals surface area contributed by atoms with Crippen LogP contribution in [0.1, 0.15) is 39.0 Å². The Labute approximate surface area is 67.5 Å². The first kappa shape index (κ1) is 8.53. The normalized spacial score (nSPS) is 23.1. The van der Waals surface area contributed by atoms with Gasteiger partial charge in [0, 0.05) is 12.1 Å². The molecule has 2 N–H and O–H groups in total. The monoisotopic (exact) mass is 156 g/mol. The molecule has 0 aromatic rings. The minimum absolute atomic E-state index is 0.424. The molecule has 1 rings (SSSR count). The summed E-state index contributed by atoms with van der Waals surface area (Å²) in [5.41, 5.74) is 3.76. The van der Waals surface area contributed by atoms with Gasteiger partial charge in [0.25, 0.3) is 0 Å². The van der Waals surface area contributed by atoms with E-state index in [1.807, 2.05) is 0 Å². The highest BCUT2D eigenvalue weighted by Crippen LogP contribution is 2.08. The van der Waals surface area contributed by atoms with Crippen molar-refractivity contribution in [3.63, 3.8) is 0 Å². The Kier molecular flexibility index (Phi) is 3.36. The predicted molar refractivity (Wildman–Crippen MR) is 45.3 cm³/mol. The lowest BCUT2D eigenvalue weighted by atomic mass is 10.1. The number of rotatable bonds is 4. The third kappa shape index (κ3) is 2.89. The van der Waals surface area contributed by atoms with Crippen molar-refractivity contribution < 1.29 is 5.11 Å². The summed E-state index contributed by atoms with van der Waals surface area (Å²) < 4.78 is 0. The topological polar surface area (TPSA) is 44.6 Å². The Hall–Kier alpha value is -0.570. The zero-order valence-electron chi connectivity index (χ0n) is 7.01. The van der Waals surface area contributed by atoms with E-state index >= 15 is 0 Å². The van der Waals surface area contributed by atoms with Gasteiger partial charge in [0.05, 0.1) is 0 Å². The van der Waals surface area contributed by atoms with Crippen molar-refractivity contribution in [2.45, 2.75) is 45.3 Å². The molecule has 1 aliphatic rings. The number of hydrogen-bond acceptors (Lipinski definition) is 3. The Balaban J connectivity index is 2.08. The maximum atomic E-state index is 9.03. The van der Waals surface area contributed by atoms with E-state index in [0.29, 0.717) is 6.42 Å². The third-order valence-corrected chi connectivity index (χ3v) is 1.87. The summed E-state index contributed by atoms with van der Waals surface area (Å²) in [7, 11) is 0. The molecule has 0 saturated heterocycles. The summed E-state index contributed by atoms with van der Waals surface area (Å²) in [6.45, 7) is 2.18. The molecule has 64 valence electrons. The van der Waals surface area contributed by atoms with E-state index in [1.165, 1.54) is 19.3 Å². The van der Waals surface area contributed by atoms with Crippen LogP contribution < -0.4 is 5.43 Å². The molecule has 0 saturated carbocycles. The fourth-order valence-electron chi connectivity index (χ4n) is 1.22. The molecule has 1 heterocycles. The number of nitrogens with zero attached hydrogens (tertiary/aromatic N) is 1. The molecule has 0 fully saturated rings. The second-order valence-corrected chi connectivity index (χ2v) is 2.98. The first-order valence-corrected chi connectivity index (χ1v) is 4.32. The minimum atomic E-state index is -0.424. The summed E-state index contributed by atoms with van der Waals surface area (Å²) in [6, 6.07) is 0. The van der Waals surface area contributed by atoms with E-state index in [4.69, 9.17) is 5.11 Å². The van der Waals surface area contributed by atoms with Crippen LogP contribution in [0, 0.1) is 0 Å². The van der Waals surface area contributed by atoms with Gasteiger partial charge in [-0.15, -0.1) is 0 Å². The van der Waals surface area contributed by atoms with Crippen LogP contribution in [0.2, 0.25) is 0 Å². The van der Waals surface area contributed by atoms with Crippen molar-refractivity contribution in [2.24, 2.45) is 5.10 Å². The second-order valence-electron chi connectivity index (χ2n) is 2.98. The molecule has 11 heavy (non-hydrogen) atoms. The van der Waals surface area contributed by atoms with E-state index in [-0.39, 0.29) is 0 Å². The van der Waals surface area contributed by atoms with Gasteiger partial charge in [-0.05, 0) is 12.8 Å². The molecule has 3 nitrogen and oxygen atoms in total. The molecule has 0 radical (unpaired) electrons. The lowest BCUT2D eigenvalue weighted by Gasteiger charge is -1.98. The standard InChI is InChI=1S/C8H16N2O/c1-2-3-4-5-7-6-8(11)10-9-7/h8,10-11H,2-6H2,1H3. The third-order valence-electron chi connectivity index (χ3n) is 1.87. The first-order valence-electron chi connectivity index (χ1n) is 4.32. The van der Waals surface area contributed by atoms with Crippen molar-refractivity contribution in [1.29, 1.82) is 0 Å². The van der Waals surface area contributed by atoms with Crippen LogP contribution in [0.3, 0.4) is 0 Å². The van der Waals surface area contributed by atoms with Gasteiger partial charge in [0.2, 0.25) is 0 Å². The Bertz CT molecular complexity index is 145. The molecule has 1 aliphatic heterocycles. The van der Waals surface area contributed by atoms with Crippen LogP contribution in [-0.4, -0.2) is 17.0 Å². The number of aliphatic hydroxyl groups is 1. The van der Waals surface area contributed by atoms with Gasteiger partial charge in [-0.2, -0.15) is 5.10 Å². The van der Waals surface area contributed by atoms with Crippen LogP contribution in [-0.2, 0) is 0 Å². The SMILES string of the molecule is CCCCCC1=NNC(O)C1. The second kappa shape index (κ2) is 4.34. The van der Waals surface area contributed by atoms with Gasteiger partial charge in [-0.3, -0.25) is 5.43 Å². The van der Waals surface area contributed by atoms with Crippen molar-refractivity contribution in [3.05, 3.63) is 0 Å². The number of nitrogens with one attached hydrogen (secondary N) is 1. The summed E-state index contributed by atoms with van der Waals surface area (Å²) in [5.74, 6) is 0. The van der Waals surface area contributed by atoms with Crippen LogP contribution in [0.5, 0.6) is 0 Å². The molecule has 0 aromatic carbocycles. The highest BCUT2D eigenvalue weighted by atomic mass is 16.3. The van der Waals surface area contributed by atoms with Gasteiger partial charge in [0.15, 0.2) is 0 Å². The molecule has 0 amide bonds. The molecule has 0 bridgehead atoms. The van der Waals surface area contributed by atoms with E-state index in [2.05, 4.69) is 17.5 Å². The molecular weight excluding hydrogens is 140 g/mol. The zero-order valence-corrected chi connectivity index (χ0v) is 7.01. The predicted octanol–water partition coefficient (Wildman–Crippen LogP) is 1.23. The summed E-state index contributed by atoms with van der Waals surface area (Å²) in [6.07, 6.45) is 5.02. The van der Waals surface area contributed by atoms with Gasteiger partial charge < -0.3 is 5.11 Å². The highest BCUT2D eigenvalue weighted by molar-refractivity contribution is 5.85. The summed E-state index contributed by atoms with van der Waals surface area (Å²) >= 11 is 0. The lowest BCUT2D eigenvalue weighted by Crippen LogP contribution is -2.17. The highest BCUT2D eigenvalue weighted by Gasteiger charge is 2.13. The number of unbranched alkanes of at least 4 members (excludes halogenated alkanes) is 2. The first-order chi connectivity index (χ1) is 5.33. The smallest absolute Gasteiger partial charge is 0.145 e. The van der Waals surface area contributed by atoms with E-state index in [9.17, 15) is 0 Å². The Morgan fingerprint density at radius 2 is 2.45 bits per heavy atom. The quantitative estimate of drug-likeness (QED) is 0.601. The van der Waals surface area contributed by atoms with Gasteiger partial charge in [-0.25, -0.2) is 0 Å². The molecule has 0 spiro atoms. The molecule has 1 atom stereocenters. The number of aliphatic hydroxyl groups excluding tert-OH is 1. The minimum Gasteiger partial charge on any atom is -0.372 e. The fraction of sp³-hybridized carbons (Fsp3) is 0.875. The van der Waals surface area contributed by atoms with Crippen LogP contribution >= 0.6 is 0 Å². The molecule has 3 heteroatoms. The molecular formula is C8H16N2O. The van der Waals surface area contributed by atoms with Gasteiger partial charge >= 0.3 is 0 Å². The van der Waals surface area contributed by atoms with Crippen LogP contribution in [0.25, 0.3) is 0 Å². The van der Waals surface area contributed by atoms with E-state index < -0.39 is 6.23 Å². The fourth-order valence-corrected chi connectivity index (χ4v) is 1.22. The largest absolute Gasteiger partial charge is 0.372 e. The number of hydrazone groups is 1. The maximum absolute atomic E-state index is 9.03. The average molecular weight is 156 g/mol. The van der Waals surface area contributed by atoms with Crippen molar-refractivity contribution >= 4 is 5.71 Å². The molecule has 0 aromatic heterocycles. The summed E-state index contributed by atoms with van der Waals surface area (Å²) in [4.78, 5) is 0. The van der Waals surface area contributed by atoms with Crippen molar-refractivity contribution in [1.82, 2.24) is 5.43 Å². The van der Waals surface area contributed by atoms with Crippen molar-refractivity contribution in [3.8, 4) is 0 Å². The zero-order chi connectivity index (χ0) is 8.10. The molecule has 0 aliphatic carbocycles. The number of hydrogen-bond donors (Lipinski definition) is 2. The Morgan fingerprint density at radius 3 is 3.00 bits per heavy atom. The van der Waals surface area contributed by atoms with Crippen molar-refractivity contribution in [2.75, 3.05) is 0 Å². The van der Waals surface area contributed by atoms with Gasteiger partial charge in [0.1, 0.15) is 6.23 Å². The maximum Gasteiger partial charge on any atom is 0.145 e. The van der Waals surface area contributed by atoms with E-state index in [0.717, 1.165) is 12.1 Å². The average Bonchev–Trinajstić information content (AvgIpc) is 2.37. The Morgan fingerprint density at radius 1 is 1.64 bits per heavy atom. The van der Waals surface area contributed by atoms with Gasteiger partial charge in [-0.1, -0.05) is 19.8 Å².